The topological polar surface area (TPSA) is 111 Å². The molecule has 0 saturated carbocycles. The third-order valence-corrected chi connectivity index (χ3v) is 3.36. The number of rotatable bonds is 7. The fourth-order valence-electron chi connectivity index (χ4n) is 1.87. The van der Waals surface area contributed by atoms with Crippen LogP contribution in [0.25, 0.3) is 0 Å². The van der Waals surface area contributed by atoms with E-state index in [4.69, 9.17) is 9.47 Å². The standard InChI is InChI=1S/C13H19NO6/c15-5-13(6-16,7-17)14-4-10(18)9-1-2-11-12(3-9)20-8-19-11/h1-3,10,14-18H,4-8H2. The van der Waals surface area contributed by atoms with Crippen molar-refractivity contribution in [3.63, 3.8) is 0 Å². The van der Waals surface area contributed by atoms with E-state index in [9.17, 15) is 20.4 Å². The van der Waals surface area contributed by atoms with Gasteiger partial charge in [-0.05, 0) is 17.7 Å². The number of fused-ring (bicyclic) bond motifs is 1. The second-order valence-electron chi connectivity index (χ2n) is 4.76. The highest BCUT2D eigenvalue weighted by molar-refractivity contribution is 5.45. The average molecular weight is 285 g/mol. The molecule has 0 radical (unpaired) electrons. The lowest BCUT2D eigenvalue weighted by molar-refractivity contribution is 0.0322. The maximum absolute atomic E-state index is 10.1. The number of hydrogen-bond acceptors (Lipinski definition) is 7. The Balaban J connectivity index is 1.99. The predicted octanol–water partition coefficient (Wildman–Crippen LogP) is -1.25. The lowest BCUT2D eigenvalue weighted by Gasteiger charge is -2.30. The summed E-state index contributed by atoms with van der Waals surface area (Å²) < 4.78 is 10.4. The van der Waals surface area contributed by atoms with Crippen molar-refractivity contribution >= 4 is 0 Å². The monoisotopic (exact) mass is 285 g/mol. The van der Waals surface area contributed by atoms with Crippen LogP contribution in [0.15, 0.2) is 18.2 Å². The van der Waals surface area contributed by atoms with Gasteiger partial charge in [-0.25, -0.2) is 0 Å². The van der Waals surface area contributed by atoms with Gasteiger partial charge in [0.25, 0.3) is 0 Å². The molecule has 20 heavy (non-hydrogen) atoms. The van der Waals surface area contributed by atoms with Gasteiger partial charge in [0.2, 0.25) is 6.79 Å². The first-order valence-electron chi connectivity index (χ1n) is 6.29. The SMILES string of the molecule is OCC(CO)(CO)NCC(O)c1ccc2c(c1)OCO2. The number of benzene rings is 1. The Hall–Kier alpha value is -1.38. The number of hydrogen-bond donors (Lipinski definition) is 5. The van der Waals surface area contributed by atoms with E-state index in [1.807, 2.05) is 0 Å². The summed E-state index contributed by atoms with van der Waals surface area (Å²) in [5.74, 6) is 1.20. The quantitative estimate of drug-likeness (QED) is 0.426. The highest BCUT2D eigenvalue weighted by Gasteiger charge is 2.28. The first-order valence-corrected chi connectivity index (χ1v) is 6.29. The molecule has 1 heterocycles. The molecular formula is C13H19NO6. The molecule has 0 saturated heterocycles. The van der Waals surface area contributed by atoms with Crippen molar-refractivity contribution in [2.45, 2.75) is 11.6 Å². The summed E-state index contributed by atoms with van der Waals surface area (Å²) in [5.41, 5.74) is -0.596. The lowest BCUT2D eigenvalue weighted by atomic mass is 10.0. The van der Waals surface area contributed by atoms with Crippen LogP contribution in [0, 0.1) is 0 Å². The van der Waals surface area contributed by atoms with E-state index >= 15 is 0 Å². The van der Waals surface area contributed by atoms with Crippen molar-refractivity contribution in [2.75, 3.05) is 33.2 Å². The number of ether oxygens (including phenoxy) is 2. The van der Waals surface area contributed by atoms with Gasteiger partial charge in [0.1, 0.15) is 0 Å². The predicted molar refractivity (Wildman–Crippen MR) is 69.5 cm³/mol. The normalized spacial score (nSPS) is 15.4. The van der Waals surface area contributed by atoms with E-state index in [0.29, 0.717) is 17.1 Å². The van der Waals surface area contributed by atoms with Crippen LogP contribution >= 0.6 is 0 Å². The smallest absolute Gasteiger partial charge is 0.231 e. The average Bonchev–Trinajstić information content (AvgIpc) is 2.96. The van der Waals surface area contributed by atoms with Crippen molar-refractivity contribution in [2.24, 2.45) is 0 Å². The fourth-order valence-corrected chi connectivity index (χ4v) is 1.87. The molecule has 1 aromatic rings. The summed E-state index contributed by atoms with van der Waals surface area (Å²) in [6.45, 7) is -1.08. The van der Waals surface area contributed by atoms with Crippen molar-refractivity contribution in [1.82, 2.24) is 5.32 Å². The van der Waals surface area contributed by atoms with Crippen molar-refractivity contribution < 1.29 is 29.9 Å². The van der Waals surface area contributed by atoms with Crippen LogP contribution in [0.2, 0.25) is 0 Å². The fraction of sp³-hybridized carbons (Fsp3) is 0.538. The molecule has 0 aliphatic carbocycles. The molecule has 0 aromatic heterocycles. The molecule has 5 N–H and O–H groups in total. The van der Waals surface area contributed by atoms with E-state index < -0.39 is 31.5 Å². The van der Waals surface area contributed by atoms with Gasteiger partial charge in [-0.1, -0.05) is 6.07 Å². The highest BCUT2D eigenvalue weighted by atomic mass is 16.7. The zero-order valence-electron chi connectivity index (χ0n) is 11.0. The second-order valence-corrected chi connectivity index (χ2v) is 4.76. The maximum Gasteiger partial charge on any atom is 0.231 e. The number of β-amino-alcohol motifs (C(OH)–C–C–N with tert-alkyl or cyclic N) is 1. The molecule has 7 heteroatoms. The lowest BCUT2D eigenvalue weighted by Crippen LogP contribution is -2.55. The first-order chi connectivity index (χ1) is 9.64. The van der Waals surface area contributed by atoms with Gasteiger partial charge < -0.3 is 35.2 Å². The Morgan fingerprint density at radius 2 is 1.75 bits per heavy atom. The summed E-state index contributed by atoms with van der Waals surface area (Å²) in [4.78, 5) is 0. The van der Waals surface area contributed by atoms with Crippen LogP contribution < -0.4 is 14.8 Å². The van der Waals surface area contributed by atoms with Gasteiger partial charge in [0.05, 0.1) is 31.5 Å². The Bertz CT molecular complexity index is 440. The molecule has 1 unspecified atom stereocenters. The Kier molecular flexibility index (Phi) is 4.79. The van der Waals surface area contributed by atoms with Gasteiger partial charge in [-0.3, -0.25) is 0 Å². The summed E-state index contributed by atoms with van der Waals surface area (Å²) in [7, 11) is 0. The number of nitrogens with one attached hydrogen (secondary N) is 1. The molecule has 2 rings (SSSR count). The Labute approximate surface area is 116 Å². The molecule has 0 amide bonds. The van der Waals surface area contributed by atoms with Crippen LogP contribution in [-0.2, 0) is 0 Å². The van der Waals surface area contributed by atoms with Crippen LogP contribution in [0.4, 0.5) is 0 Å². The minimum Gasteiger partial charge on any atom is -0.454 e. The molecule has 1 atom stereocenters. The van der Waals surface area contributed by atoms with Gasteiger partial charge in [0, 0.05) is 6.54 Å². The summed E-state index contributed by atoms with van der Waals surface area (Å²) in [6.07, 6.45) is -0.867. The first kappa shape index (κ1) is 15.0. The zero-order valence-corrected chi connectivity index (χ0v) is 11.0. The Morgan fingerprint density at radius 1 is 1.10 bits per heavy atom. The Morgan fingerprint density at radius 3 is 2.40 bits per heavy atom. The summed E-state index contributed by atoms with van der Waals surface area (Å²) in [5, 5.41) is 40.4. The van der Waals surface area contributed by atoms with E-state index in [1.54, 1.807) is 18.2 Å². The molecule has 1 aromatic carbocycles. The third kappa shape index (κ3) is 3.02. The minimum absolute atomic E-state index is 0.0708. The molecule has 1 aliphatic heterocycles. The van der Waals surface area contributed by atoms with E-state index in [-0.39, 0.29) is 13.3 Å². The van der Waals surface area contributed by atoms with Crippen LogP contribution in [0.5, 0.6) is 11.5 Å². The van der Waals surface area contributed by atoms with Gasteiger partial charge in [-0.2, -0.15) is 0 Å². The van der Waals surface area contributed by atoms with Gasteiger partial charge in [0.15, 0.2) is 11.5 Å². The van der Waals surface area contributed by atoms with Gasteiger partial charge >= 0.3 is 0 Å². The molecule has 7 nitrogen and oxygen atoms in total. The minimum atomic E-state index is -1.21. The van der Waals surface area contributed by atoms with Crippen LogP contribution in [-0.4, -0.2) is 59.1 Å². The van der Waals surface area contributed by atoms with Crippen molar-refractivity contribution in [1.29, 1.82) is 0 Å². The molecule has 0 spiro atoms. The maximum atomic E-state index is 10.1. The van der Waals surface area contributed by atoms with E-state index in [2.05, 4.69) is 5.32 Å². The largest absolute Gasteiger partial charge is 0.454 e. The molecule has 0 bridgehead atoms. The van der Waals surface area contributed by atoms with Crippen molar-refractivity contribution in [3.8, 4) is 11.5 Å². The van der Waals surface area contributed by atoms with Crippen molar-refractivity contribution in [3.05, 3.63) is 23.8 Å². The third-order valence-electron chi connectivity index (χ3n) is 3.36. The number of aliphatic hydroxyl groups excluding tert-OH is 4. The second kappa shape index (κ2) is 6.38. The van der Waals surface area contributed by atoms with Crippen LogP contribution in [0.1, 0.15) is 11.7 Å². The molecule has 0 fully saturated rings. The zero-order chi connectivity index (χ0) is 14.6. The van der Waals surface area contributed by atoms with Crippen LogP contribution in [0.3, 0.4) is 0 Å². The molecular weight excluding hydrogens is 266 g/mol. The number of aliphatic hydroxyl groups is 4. The van der Waals surface area contributed by atoms with E-state index in [1.165, 1.54) is 0 Å². The van der Waals surface area contributed by atoms with Gasteiger partial charge in [-0.15, -0.1) is 0 Å². The highest BCUT2D eigenvalue weighted by Crippen LogP contribution is 2.34. The summed E-state index contributed by atoms with van der Waals surface area (Å²) >= 11 is 0. The molecule has 112 valence electrons. The van der Waals surface area contributed by atoms with E-state index in [0.717, 1.165) is 0 Å². The summed E-state index contributed by atoms with van der Waals surface area (Å²) in [6, 6.07) is 5.09. The molecule has 1 aliphatic rings.